The van der Waals surface area contributed by atoms with Crippen LogP contribution in [0.4, 0.5) is 32.3 Å². The summed E-state index contributed by atoms with van der Waals surface area (Å²) in [7, 11) is 0. The maximum atomic E-state index is 12.5. The molecular formula is C22H16N10O6. The van der Waals surface area contributed by atoms with Crippen LogP contribution in [-0.4, -0.2) is 41.5 Å². The van der Waals surface area contributed by atoms with Crippen molar-refractivity contribution in [3.05, 3.63) is 93.3 Å². The predicted molar refractivity (Wildman–Crippen MR) is 134 cm³/mol. The fraction of sp³-hybridized carbons (Fsp3) is 0. The molecule has 38 heavy (non-hydrogen) atoms. The second-order valence-corrected chi connectivity index (χ2v) is 7.73. The van der Waals surface area contributed by atoms with Crippen LogP contribution in [0.3, 0.4) is 0 Å². The highest BCUT2D eigenvalue weighted by molar-refractivity contribution is 5.95. The van der Waals surface area contributed by atoms with Crippen LogP contribution < -0.4 is 21.7 Å². The molecule has 0 radical (unpaired) electrons. The number of non-ortho nitro benzene ring substituents is 2. The number of benzene rings is 3. The lowest BCUT2D eigenvalue weighted by Gasteiger charge is -2.11. The number of rotatable bonds is 6. The Balaban J connectivity index is 1.20. The third-order valence-corrected chi connectivity index (χ3v) is 5.47. The second-order valence-electron chi connectivity index (χ2n) is 7.73. The number of nitro benzene ring substituents is 2. The monoisotopic (exact) mass is 516 g/mol. The van der Waals surface area contributed by atoms with Gasteiger partial charge in [0.05, 0.1) is 55.4 Å². The molecule has 3 aromatic carbocycles. The number of amides is 2. The van der Waals surface area contributed by atoms with Crippen molar-refractivity contribution in [3.8, 4) is 0 Å². The molecule has 0 bridgehead atoms. The van der Waals surface area contributed by atoms with E-state index in [0.717, 1.165) is 9.36 Å². The first-order valence-corrected chi connectivity index (χ1v) is 10.8. The largest absolute Gasteiger partial charge is 0.361 e. The highest BCUT2D eigenvalue weighted by Crippen LogP contribution is 2.26. The van der Waals surface area contributed by atoms with Gasteiger partial charge in [0.1, 0.15) is 0 Å². The molecule has 0 aliphatic carbocycles. The zero-order chi connectivity index (χ0) is 26.8. The van der Waals surface area contributed by atoms with Crippen molar-refractivity contribution >= 4 is 56.6 Å². The Morgan fingerprint density at radius 2 is 1.05 bits per heavy atom. The number of hydrogen-bond acceptors (Lipinski definition) is 10. The minimum atomic E-state index is -0.665. The zero-order valence-electron chi connectivity index (χ0n) is 19.1. The fourth-order valence-electron chi connectivity index (χ4n) is 3.71. The molecule has 16 heteroatoms. The number of carbonyl (C=O) groups is 2. The molecule has 0 fully saturated rings. The maximum absolute atomic E-state index is 12.5. The van der Waals surface area contributed by atoms with Gasteiger partial charge in [-0.2, -0.15) is 19.6 Å². The van der Waals surface area contributed by atoms with Crippen molar-refractivity contribution in [2.24, 2.45) is 0 Å². The Morgan fingerprint density at radius 3 is 1.42 bits per heavy atom. The zero-order valence-corrected chi connectivity index (χ0v) is 19.1. The molecule has 2 heterocycles. The van der Waals surface area contributed by atoms with Gasteiger partial charge in [-0.3, -0.25) is 31.1 Å². The average Bonchev–Trinajstić information content (AvgIpc) is 3.55. The van der Waals surface area contributed by atoms with Gasteiger partial charge in [-0.25, -0.2) is 20.4 Å². The number of nitro groups is 2. The molecule has 0 saturated carbocycles. The van der Waals surface area contributed by atoms with Crippen molar-refractivity contribution in [1.29, 1.82) is 0 Å². The number of hydrazine groups is 2. The van der Waals surface area contributed by atoms with Gasteiger partial charge in [0.15, 0.2) is 0 Å². The molecule has 4 N–H and O–H groups in total. The minimum absolute atomic E-state index is 0.160. The third-order valence-electron chi connectivity index (χ3n) is 5.47. The van der Waals surface area contributed by atoms with E-state index in [-0.39, 0.29) is 33.2 Å². The highest BCUT2D eigenvalue weighted by atomic mass is 16.6. The third kappa shape index (κ3) is 4.35. The molecule has 2 amide bonds. The van der Waals surface area contributed by atoms with E-state index < -0.39 is 21.9 Å². The van der Waals surface area contributed by atoms with E-state index in [1.165, 1.54) is 48.8 Å². The lowest BCUT2D eigenvalue weighted by atomic mass is 10.2. The fourth-order valence-corrected chi connectivity index (χ4v) is 3.71. The lowest BCUT2D eigenvalue weighted by Crippen LogP contribution is -2.34. The average molecular weight is 516 g/mol. The van der Waals surface area contributed by atoms with E-state index in [1.807, 2.05) is 0 Å². The lowest BCUT2D eigenvalue weighted by molar-refractivity contribution is -0.383. The maximum Gasteiger partial charge on any atom is 0.361 e. The van der Waals surface area contributed by atoms with Gasteiger partial charge in [-0.15, -0.1) is 0 Å². The van der Waals surface area contributed by atoms with Crippen LogP contribution in [0.1, 0.15) is 0 Å². The number of aromatic nitrogens is 4. The van der Waals surface area contributed by atoms with Gasteiger partial charge in [0.2, 0.25) is 0 Å². The van der Waals surface area contributed by atoms with E-state index in [0.29, 0.717) is 11.4 Å². The number of nitrogens with zero attached hydrogens (tertiary/aromatic N) is 6. The number of anilines is 2. The van der Waals surface area contributed by atoms with Crippen molar-refractivity contribution in [1.82, 2.24) is 30.4 Å². The standard InChI is InChI=1S/C22H16N10O6/c33-21(29-17-3-1-5-19(31(35)36)15(17)11-23-29)27-25-13-7-9-14(10-8-13)26-28-22(34)30-18-4-2-6-20(32(37)38)16(18)12-24-30/h1-12,25-26H,(H,27,33)(H,28,34). The first kappa shape index (κ1) is 23.7. The van der Waals surface area contributed by atoms with Gasteiger partial charge < -0.3 is 0 Å². The summed E-state index contributed by atoms with van der Waals surface area (Å²) in [5, 5.41) is 30.6. The van der Waals surface area contributed by atoms with Crippen LogP contribution >= 0.6 is 0 Å². The normalized spacial score (nSPS) is 10.7. The van der Waals surface area contributed by atoms with Crippen LogP contribution in [0, 0.1) is 20.2 Å². The van der Waals surface area contributed by atoms with Gasteiger partial charge >= 0.3 is 12.1 Å². The molecule has 5 rings (SSSR count). The molecule has 0 spiro atoms. The molecule has 0 saturated heterocycles. The summed E-state index contributed by atoms with van der Waals surface area (Å²) in [6, 6.07) is 13.7. The van der Waals surface area contributed by atoms with Crippen LogP contribution in [0.25, 0.3) is 21.8 Å². The number of carbonyl (C=O) groups excluding carboxylic acids is 2. The Kier molecular flexibility index (Phi) is 5.94. The van der Waals surface area contributed by atoms with Crippen LogP contribution in [0.5, 0.6) is 0 Å². The smallest absolute Gasteiger partial charge is 0.297 e. The minimum Gasteiger partial charge on any atom is -0.297 e. The molecule has 0 unspecified atom stereocenters. The van der Waals surface area contributed by atoms with Gasteiger partial charge in [-0.05, 0) is 36.4 Å². The number of fused-ring (bicyclic) bond motifs is 2. The summed E-state index contributed by atoms with van der Waals surface area (Å²) in [5.41, 5.74) is 11.5. The van der Waals surface area contributed by atoms with Crippen LogP contribution in [0.2, 0.25) is 0 Å². The van der Waals surface area contributed by atoms with Gasteiger partial charge in [0, 0.05) is 12.1 Å². The van der Waals surface area contributed by atoms with Crippen LogP contribution in [-0.2, 0) is 0 Å². The molecule has 0 aliphatic rings. The molecule has 190 valence electrons. The number of hydrogen-bond donors (Lipinski definition) is 4. The molecule has 5 aromatic rings. The first-order valence-electron chi connectivity index (χ1n) is 10.8. The molecular weight excluding hydrogens is 500 g/mol. The Morgan fingerprint density at radius 1 is 0.658 bits per heavy atom. The molecule has 16 nitrogen and oxygen atoms in total. The molecule has 0 aliphatic heterocycles. The summed E-state index contributed by atoms with van der Waals surface area (Å²) in [4.78, 5) is 46.3. The Labute approximate surface area is 211 Å². The van der Waals surface area contributed by atoms with E-state index >= 15 is 0 Å². The van der Waals surface area contributed by atoms with E-state index in [1.54, 1.807) is 24.3 Å². The van der Waals surface area contributed by atoms with Crippen molar-refractivity contribution < 1.29 is 19.4 Å². The van der Waals surface area contributed by atoms with Crippen molar-refractivity contribution in [2.75, 3.05) is 10.9 Å². The van der Waals surface area contributed by atoms with Crippen LogP contribution in [0.15, 0.2) is 73.1 Å². The summed E-state index contributed by atoms with van der Waals surface area (Å²) < 4.78 is 1.99. The van der Waals surface area contributed by atoms with E-state index in [9.17, 15) is 29.8 Å². The second kappa shape index (κ2) is 9.53. The summed E-state index contributed by atoms with van der Waals surface area (Å²) in [6.07, 6.45) is 2.49. The van der Waals surface area contributed by atoms with Crippen molar-refractivity contribution in [3.63, 3.8) is 0 Å². The first-order chi connectivity index (χ1) is 18.3. The quantitative estimate of drug-likeness (QED) is 0.191. The summed E-state index contributed by atoms with van der Waals surface area (Å²) >= 11 is 0. The molecule has 0 atom stereocenters. The van der Waals surface area contributed by atoms with Gasteiger partial charge in [-0.1, -0.05) is 12.1 Å². The summed E-state index contributed by atoms with van der Waals surface area (Å²) in [5.74, 6) is 0. The Hall–Kier alpha value is -6.06. The SMILES string of the molecule is O=C(NNc1ccc(NNC(=O)n2ncc3c([N+](=O)[O-])cccc32)cc1)n1ncc2c([N+](=O)[O-])cccc21. The summed E-state index contributed by atoms with van der Waals surface area (Å²) in [6.45, 7) is 0. The van der Waals surface area contributed by atoms with Crippen molar-refractivity contribution in [2.45, 2.75) is 0 Å². The predicted octanol–water partition coefficient (Wildman–Crippen LogP) is 3.37. The molecule has 2 aromatic heterocycles. The van der Waals surface area contributed by atoms with E-state index in [2.05, 4.69) is 31.9 Å². The topological polar surface area (TPSA) is 204 Å². The van der Waals surface area contributed by atoms with Gasteiger partial charge in [0.25, 0.3) is 11.4 Å². The number of nitrogens with one attached hydrogen (secondary N) is 4. The van der Waals surface area contributed by atoms with E-state index in [4.69, 9.17) is 0 Å². The highest BCUT2D eigenvalue weighted by Gasteiger charge is 2.19. The Bertz CT molecular complexity index is 1600.